The van der Waals surface area contributed by atoms with Crippen LogP contribution in [0.2, 0.25) is 0 Å². The van der Waals surface area contributed by atoms with Gasteiger partial charge in [-0.05, 0) is 68.8 Å². The van der Waals surface area contributed by atoms with Crippen LogP contribution in [0.15, 0.2) is 42.5 Å². The minimum Gasteiger partial charge on any atom is -0.486 e. The van der Waals surface area contributed by atoms with Crippen LogP contribution in [-0.2, 0) is 16.1 Å². The highest BCUT2D eigenvalue weighted by atomic mass is 19.1. The van der Waals surface area contributed by atoms with Crippen LogP contribution in [0.1, 0.15) is 34.1 Å². The Morgan fingerprint density at radius 3 is 2.47 bits per heavy atom. The first-order chi connectivity index (χ1) is 17.1. The van der Waals surface area contributed by atoms with Crippen molar-refractivity contribution in [3.63, 3.8) is 0 Å². The molecule has 1 aromatic heterocycles. The van der Waals surface area contributed by atoms with Crippen molar-refractivity contribution in [3.8, 4) is 22.9 Å². The van der Waals surface area contributed by atoms with Gasteiger partial charge in [0.1, 0.15) is 31.6 Å². The SMILES string of the molecule is CC[C@H](C(=O)NC(C)(C)C)N(C(=O)Cn1nnc(-c2ccc(F)cc2)n1)c1ccc2c(c1)OCCO2. The van der Waals surface area contributed by atoms with Crippen LogP contribution in [0, 0.1) is 5.82 Å². The summed E-state index contributed by atoms with van der Waals surface area (Å²) in [7, 11) is 0. The molecule has 0 saturated carbocycles. The second-order valence-electron chi connectivity index (χ2n) is 9.41. The molecular weight excluding hydrogens is 467 g/mol. The number of halogens is 1. The molecule has 1 N–H and O–H groups in total. The minimum atomic E-state index is -0.792. The summed E-state index contributed by atoms with van der Waals surface area (Å²) in [5.74, 6) is 0.255. The van der Waals surface area contributed by atoms with E-state index >= 15 is 0 Å². The van der Waals surface area contributed by atoms with Crippen LogP contribution < -0.4 is 19.7 Å². The van der Waals surface area contributed by atoms with Crippen molar-refractivity contribution in [2.24, 2.45) is 0 Å². The van der Waals surface area contributed by atoms with Gasteiger partial charge in [0.15, 0.2) is 11.5 Å². The molecule has 2 aromatic carbocycles. The van der Waals surface area contributed by atoms with E-state index in [9.17, 15) is 14.0 Å². The summed E-state index contributed by atoms with van der Waals surface area (Å²) in [5, 5.41) is 15.2. The Labute approximate surface area is 208 Å². The summed E-state index contributed by atoms with van der Waals surface area (Å²) in [6.45, 7) is 8.04. The first kappa shape index (κ1) is 25.1. The molecular formula is C25H29FN6O4. The second kappa shape index (κ2) is 10.3. The summed E-state index contributed by atoms with van der Waals surface area (Å²) >= 11 is 0. The maximum absolute atomic E-state index is 13.6. The second-order valence-corrected chi connectivity index (χ2v) is 9.41. The number of fused-ring (bicyclic) bond motifs is 1. The molecule has 0 radical (unpaired) electrons. The van der Waals surface area contributed by atoms with Crippen LogP contribution in [0.3, 0.4) is 0 Å². The summed E-state index contributed by atoms with van der Waals surface area (Å²) in [4.78, 5) is 29.4. The highest BCUT2D eigenvalue weighted by Crippen LogP contribution is 2.35. The van der Waals surface area contributed by atoms with E-state index in [-0.39, 0.29) is 24.1 Å². The van der Waals surface area contributed by atoms with E-state index in [0.29, 0.717) is 42.4 Å². The Hall–Kier alpha value is -4.02. The van der Waals surface area contributed by atoms with Crippen molar-refractivity contribution >= 4 is 17.5 Å². The zero-order valence-electron chi connectivity index (χ0n) is 20.7. The number of tetrazole rings is 1. The molecule has 0 aliphatic carbocycles. The van der Waals surface area contributed by atoms with Gasteiger partial charge in [0.2, 0.25) is 11.7 Å². The molecule has 3 aromatic rings. The Morgan fingerprint density at radius 2 is 1.81 bits per heavy atom. The average Bonchev–Trinajstić information content (AvgIpc) is 3.29. The topological polar surface area (TPSA) is 111 Å². The molecule has 10 nitrogen and oxygen atoms in total. The molecule has 1 atom stereocenters. The number of hydrogen-bond acceptors (Lipinski definition) is 7. The third kappa shape index (κ3) is 5.78. The Bertz CT molecular complexity index is 1240. The summed E-state index contributed by atoms with van der Waals surface area (Å²) in [6.07, 6.45) is 0.369. The highest BCUT2D eigenvalue weighted by molar-refractivity contribution is 6.01. The molecule has 0 bridgehead atoms. The largest absolute Gasteiger partial charge is 0.486 e. The molecule has 2 heterocycles. The van der Waals surface area contributed by atoms with Gasteiger partial charge >= 0.3 is 0 Å². The lowest BCUT2D eigenvalue weighted by Gasteiger charge is -2.33. The van der Waals surface area contributed by atoms with Crippen LogP contribution in [-0.4, -0.2) is 56.8 Å². The van der Waals surface area contributed by atoms with Gasteiger partial charge in [-0.2, -0.15) is 4.80 Å². The summed E-state index contributed by atoms with van der Waals surface area (Å²) in [6, 6.07) is 10.00. The van der Waals surface area contributed by atoms with Crippen molar-refractivity contribution in [1.82, 2.24) is 25.5 Å². The smallest absolute Gasteiger partial charge is 0.251 e. The predicted octanol–water partition coefficient (Wildman–Crippen LogP) is 2.98. The van der Waals surface area contributed by atoms with Gasteiger partial charge in [-0.25, -0.2) is 4.39 Å². The number of rotatable bonds is 7. The van der Waals surface area contributed by atoms with Crippen LogP contribution in [0.5, 0.6) is 11.5 Å². The molecule has 2 amide bonds. The van der Waals surface area contributed by atoms with Gasteiger partial charge in [-0.15, -0.1) is 10.2 Å². The molecule has 0 unspecified atom stereocenters. The Balaban J connectivity index is 1.64. The molecule has 0 spiro atoms. The quantitative estimate of drug-likeness (QED) is 0.535. The molecule has 11 heteroatoms. The van der Waals surface area contributed by atoms with Crippen molar-refractivity contribution in [2.45, 2.75) is 52.2 Å². The third-order valence-corrected chi connectivity index (χ3v) is 5.40. The van der Waals surface area contributed by atoms with Crippen LogP contribution in [0.25, 0.3) is 11.4 Å². The number of amides is 2. The van der Waals surface area contributed by atoms with Gasteiger partial charge in [-0.1, -0.05) is 6.92 Å². The van der Waals surface area contributed by atoms with Crippen molar-refractivity contribution in [3.05, 3.63) is 48.3 Å². The number of aromatic nitrogens is 4. The lowest BCUT2D eigenvalue weighted by atomic mass is 10.1. The summed E-state index contributed by atoms with van der Waals surface area (Å²) < 4.78 is 24.6. The third-order valence-electron chi connectivity index (χ3n) is 5.40. The van der Waals surface area contributed by atoms with E-state index in [1.807, 2.05) is 27.7 Å². The maximum Gasteiger partial charge on any atom is 0.251 e. The standard InChI is InChI=1S/C25H29FN6O4/c1-5-19(24(34)27-25(2,3)4)32(18-10-11-20-21(14-18)36-13-12-35-20)22(33)15-31-29-23(28-30-31)16-6-8-17(26)9-7-16/h6-11,14,19H,5,12-13,15H2,1-4H3,(H,27,34)/t19-/m1/s1. The van der Waals surface area contributed by atoms with Crippen molar-refractivity contribution in [1.29, 1.82) is 0 Å². The maximum atomic E-state index is 13.6. The molecule has 36 heavy (non-hydrogen) atoms. The van der Waals surface area contributed by atoms with E-state index in [4.69, 9.17) is 9.47 Å². The predicted molar refractivity (Wildman–Crippen MR) is 130 cm³/mol. The zero-order valence-corrected chi connectivity index (χ0v) is 20.7. The number of ether oxygens (including phenoxy) is 2. The first-order valence-electron chi connectivity index (χ1n) is 11.7. The molecule has 1 aliphatic rings. The molecule has 1 aliphatic heterocycles. The first-order valence-corrected chi connectivity index (χ1v) is 11.7. The van der Waals surface area contributed by atoms with Gasteiger partial charge in [0.05, 0.1) is 0 Å². The fourth-order valence-corrected chi connectivity index (χ4v) is 3.84. The van der Waals surface area contributed by atoms with Crippen molar-refractivity contribution < 1.29 is 23.5 Å². The Kier molecular flexibility index (Phi) is 7.18. The fraction of sp³-hybridized carbons (Fsp3) is 0.400. The molecule has 190 valence electrons. The fourth-order valence-electron chi connectivity index (χ4n) is 3.84. The van der Waals surface area contributed by atoms with E-state index in [1.165, 1.54) is 29.2 Å². The van der Waals surface area contributed by atoms with Gasteiger partial charge < -0.3 is 14.8 Å². The van der Waals surface area contributed by atoms with Crippen LogP contribution >= 0.6 is 0 Å². The lowest BCUT2D eigenvalue weighted by molar-refractivity contribution is -0.128. The zero-order chi connectivity index (χ0) is 25.9. The molecule has 0 saturated heterocycles. The van der Waals surface area contributed by atoms with Crippen LogP contribution in [0.4, 0.5) is 10.1 Å². The van der Waals surface area contributed by atoms with Crippen molar-refractivity contribution in [2.75, 3.05) is 18.1 Å². The van der Waals surface area contributed by atoms with E-state index in [1.54, 1.807) is 18.2 Å². The monoisotopic (exact) mass is 496 g/mol. The summed E-state index contributed by atoms with van der Waals surface area (Å²) in [5.41, 5.74) is 0.567. The number of nitrogens with one attached hydrogen (secondary N) is 1. The normalized spacial score (nSPS) is 13.7. The number of hydrogen-bond donors (Lipinski definition) is 1. The number of carbonyl (C=O) groups excluding carboxylic acids is 2. The van der Waals surface area contributed by atoms with Gasteiger partial charge in [0, 0.05) is 22.9 Å². The van der Waals surface area contributed by atoms with E-state index in [2.05, 4.69) is 20.7 Å². The number of nitrogens with zero attached hydrogens (tertiary/aromatic N) is 5. The molecule has 4 rings (SSSR count). The minimum absolute atomic E-state index is 0.256. The van der Waals surface area contributed by atoms with Gasteiger partial charge in [0.25, 0.3) is 5.91 Å². The average molecular weight is 497 g/mol. The van der Waals surface area contributed by atoms with Gasteiger partial charge in [-0.3, -0.25) is 14.5 Å². The number of benzene rings is 2. The van der Waals surface area contributed by atoms with E-state index in [0.717, 1.165) is 4.80 Å². The number of carbonyl (C=O) groups is 2. The highest BCUT2D eigenvalue weighted by Gasteiger charge is 2.33. The van der Waals surface area contributed by atoms with E-state index < -0.39 is 17.5 Å². The lowest BCUT2D eigenvalue weighted by Crippen LogP contribution is -2.54. The number of anilines is 1. The molecule has 0 fully saturated rings. The Morgan fingerprint density at radius 1 is 1.11 bits per heavy atom.